The lowest BCUT2D eigenvalue weighted by Crippen LogP contribution is -2.55. The van der Waals surface area contributed by atoms with Gasteiger partial charge in [-0.15, -0.1) is 0 Å². The van der Waals surface area contributed by atoms with Crippen LogP contribution in [0.3, 0.4) is 0 Å². The molecule has 0 aromatic heterocycles. The Hall–Kier alpha value is 0.0700. The van der Waals surface area contributed by atoms with E-state index in [1.807, 2.05) is 13.8 Å². The maximum atomic E-state index is 12.6. The van der Waals surface area contributed by atoms with E-state index in [2.05, 4.69) is 22.9 Å². The largest absolute Gasteiger partial charge is 0.387 e. The van der Waals surface area contributed by atoms with Gasteiger partial charge in [0, 0.05) is 12.5 Å². The smallest absolute Gasteiger partial charge is 0.147 e. The van der Waals surface area contributed by atoms with Crippen LogP contribution >= 0.6 is 15.9 Å². The Bertz CT molecular complexity index is 576. The SMILES string of the molecule is CCOC1CC2C(CCC3C2CCC2(C)C(C(=O)CBr)CCC32)CC1(C)O. The number of ketones is 1. The van der Waals surface area contributed by atoms with Crippen LogP contribution < -0.4 is 0 Å². The minimum atomic E-state index is -0.673. The summed E-state index contributed by atoms with van der Waals surface area (Å²) < 4.78 is 6.00. The van der Waals surface area contributed by atoms with Crippen molar-refractivity contribution in [1.82, 2.24) is 0 Å². The van der Waals surface area contributed by atoms with Gasteiger partial charge >= 0.3 is 0 Å². The third kappa shape index (κ3) is 3.26. The predicted octanol–water partition coefficient (Wildman–Crippen LogP) is 4.99. The second-order valence-corrected chi connectivity index (χ2v) is 11.0. The highest BCUT2D eigenvalue weighted by Gasteiger charge is 2.59. The van der Waals surface area contributed by atoms with Gasteiger partial charge in [0.25, 0.3) is 0 Å². The topological polar surface area (TPSA) is 46.5 Å². The molecular weight excluding hydrogens is 404 g/mol. The lowest BCUT2D eigenvalue weighted by molar-refractivity contribution is -0.172. The Kier molecular flexibility index (Phi) is 5.57. The van der Waals surface area contributed by atoms with Crippen LogP contribution in [0.4, 0.5) is 0 Å². The zero-order chi connectivity index (χ0) is 19.4. The van der Waals surface area contributed by atoms with Crippen molar-refractivity contribution in [2.24, 2.45) is 40.9 Å². The molecule has 4 aliphatic carbocycles. The van der Waals surface area contributed by atoms with Gasteiger partial charge in [-0.05, 0) is 100 Å². The molecule has 4 heteroatoms. The fraction of sp³-hybridized carbons (Fsp3) is 0.957. The molecule has 0 radical (unpaired) electrons. The first kappa shape index (κ1) is 20.3. The third-order valence-corrected chi connectivity index (χ3v) is 9.82. The van der Waals surface area contributed by atoms with Crippen molar-refractivity contribution >= 4 is 21.7 Å². The van der Waals surface area contributed by atoms with E-state index in [1.54, 1.807) is 0 Å². The van der Waals surface area contributed by atoms with E-state index in [0.717, 1.165) is 37.0 Å². The van der Waals surface area contributed by atoms with E-state index < -0.39 is 5.60 Å². The third-order valence-electron chi connectivity index (χ3n) is 9.26. The van der Waals surface area contributed by atoms with Crippen molar-refractivity contribution in [2.75, 3.05) is 11.9 Å². The maximum Gasteiger partial charge on any atom is 0.147 e. The zero-order valence-corrected chi connectivity index (χ0v) is 18.8. The molecule has 1 N–H and O–H groups in total. The van der Waals surface area contributed by atoms with E-state index >= 15 is 0 Å². The summed E-state index contributed by atoms with van der Waals surface area (Å²) in [4.78, 5) is 12.6. The van der Waals surface area contributed by atoms with Crippen LogP contribution in [0.25, 0.3) is 0 Å². The summed E-state index contributed by atoms with van der Waals surface area (Å²) in [5.74, 6) is 4.33. The van der Waals surface area contributed by atoms with Crippen LogP contribution in [0.5, 0.6) is 0 Å². The predicted molar refractivity (Wildman–Crippen MR) is 111 cm³/mol. The van der Waals surface area contributed by atoms with Crippen molar-refractivity contribution in [3.05, 3.63) is 0 Å². The first-order chi connectivity index (χ1) is 12.8. The molecule has 27 heavy (non-hydrogen) atoms. The molecule has 154 valence electrons. The van der Waals surface area contributed by atoms with Crippen molar-refractivity contribution in [3.8, 4) is 0 Å². The average Bonchev–Trinajstić information content (AvgIpc) is 2.98. The number of carbonyl (C=O) groups is 1. The Morgan fingerprint density at radius 1 is 1.11 bits per heavy atom. The lowest BCUT2D eigenvalue weighted by atomic mass is 9.48. The van der Waals surface area contributed by atoms with E-state index in [4.69, 9.17) is 4.74 Å². The molecule has 9 atom stereocenters. The van der Waals surface area contributed by atoms with Crippen molar-refractivity contribution < 1.29 is 14.6 Å². The molecule has 0 bridgehead atoms. The van der Waals surface area contributed by atoms with Crippen molar-refractivity contribution in [3.63, 3.8) is 0 Å². The van der Waals surface area contributed by atoms with Gasteiger partial charge in [0.15, 0.2) is 0 Å². The number of carbonyl (C=O) groups excluding carboxylic acids is 1. The van der Waals surface area contributed by atoms with Gasteiger partial charge in [0.1, 0.15) is 5.78 Å². The monoisotopic (exact) mass is 440 g/mol. The van der Waals surface area contributed by atoms with E-state index in [0.29, 0.717) is 29.6 Å². The molecule has 4 aliphatic rings. The Labute approximate surface area is 173 Å². The average molecular weight is 441 g/mol. The second-order valence-electron chi connectivity index (χ2n) is 10.5. The molecule has 3 nitrogen and oxygen atoms in total. The summed E-state index contributed by atoms with van der Waals surface area (Å²) in [5.41, 5.74) is -0.452. The fourth-order valence-electron chi connectivity index (χ4n) is 8.09. The number of hydrogen-bond donors (Lipinski definition) is 1. The Morgan fingerprint density at radius 2 is 1.89 bits per heavy atom. The molecule has 4 rings (SSSR count). The highest BCUT2D eigenvalue weighted by Crippen LogP contribution is 2.64. The van der Waals surface area contributed by atoms with Crippen molar-refractivity contribution in [2.45, 2.75) is 83.8 Å². The highest BCUT2D eigenvalue weighted by molar-refractivity contribution is 9.09. The number of aliphatic hydroxyl groups is 1. The zero-order valence-electron chi connectivity index (χ0n) is 17.3. The number of hydrogen-bond acceptors (Lipinski definition) is 3. The first-order valence-corrected chi connectivity index (χ1v) is 12.4. The molecule has 0 amide bonds. The van der Waals surface area contributed by atoms with Crippen molar-refractivity contribution in [1.29, 1.82) is 0 Å². The summed E-state index contributed by atoms with van der Waals surface area (Å²) in [6.45, 7) is 7.13. The molecular formula is C23H37BrO3. The Morgan fingerprint density at radius 3 is 2.59 bits per heavy atom. The van der Waals surface area contributed by atoms with Gasteiger partial charge in [-0.2, -0.15) is 0 Å². The lowest BCUT2D eigenvalue weighted by Gasteiger charge is -2.58. The molecule has 0 heterocycles. The van der Waals surface area contributed by atoms with Crippen LogP contribution in [0.15, 0.2) is 0 Å². The van der Waals surface area contributed by atoms with Crippen LogP contribution in [0, 0.1) is 40.9 Å². The summed E-state index contributed by atoms with van der Waals surface area (Å²) in [7, 11) is 0. The van der Waals surface area contributed by atoms with Gasteiger partial charge in [0.2, 0.25) is 0 Å². The summed E-state index contributed by atoms with van der Waals surface area (Å²) in [6.07, 6.45) is 9.29. The molecule has 0 aromatic rings. The highest BCUT2D eigenvalue weighted by atomic mass is 79.9. The number of Topliss-reactive ketones (excluding diaryl/α,β-unsaturated/α-hetero) is 1. The normalized spacial score (nSPS) is 52.0. The summed E-state index contributed by atoms with van der Waals surface area (Å²) in [5, 5.41) is 11.5. The molecule has 0 aromatic carbocycles. The molecule has 9 unspecified atom stereocenters. The number of fused-ring (bicyclic) bond motifs is 5. The minimum Gasteiger partial charge on any atom is -0.387 e. The van der Waals surface area contributed by atoms with Gasteiger partial charge in [-0.1, -0.05) is 22.9 Å². The van der Waals surface area contributed by atoms with Gasteiger partial charge in [0.05, 0.1) is 17.0 Å². The van der Waals surface area contributed by atoms with Gasteiger partial charge in [-0.3, -0.25) is 4.79 Å². The molecule has 0 spiro atoms. The van der Waals surface area contributed by atoms with Crippen LogP contribution in [-0.4, -0.2) is 34.5 Å². The molecule has 0 saturated heterocycles. The minimum absolute atomic E-state index is 0.0119. The molecule has 4 saturated carbocycles. The molecule has 4 fully saturated rings. The van der Waals surface area contributed by atoms with Gasteiger partial charge < -0.3 is 9.84 Å². The summed E-state index contributed by atoms with van der Waals surface area (Å²) >= 11 is 3.42. The van der Waals surface area contributed by atoms with E-state index in [1.165, 1.54) is 32.1 Å². The summed E-state index contributed by atoms with van der Waals surface area (Å²) in [6, 6.07) is 0. The number of ether oxygens (including phenoxy) is 1. The maximum absolute atomic E-state index is 12.6. The van der Waals surface area contributed by atoms with Gasteiger partial charge in [-0.25, -0.2) is 0 Å². The number of alkyl halides is 1. The van der Waals surface area contributed by atoms with E-state index in [9.17, 15) is 9.90 Å². The van der Waals surface area contributed by atoms with Crippen LogP contribution in [0.1, 0.15) is 72.1 Å². The fourth-order valence-corrected chi connectivity index (χ4v) is 8.48. The van der Waals surface area contributed by atoms with E-state index in [-0.39, 0.29) is 17.4 Å². The van der Waals surface area contributed by atoms with Crippen LogP contribution in [0.2, 0.25) is 0 Å². The second kappa shape index (κ2) is 7.40. The van der Waals surface area contributed by atoms with Crippen LogP contribution in [-0.2, 0) is 9.53 Å². The molecule has 0 aliphatic heterocycles. The number of rotatable bonds is 4. The standard InChI is InChI=1S/C23H37BrO3/c1-4-27-21-11-17-14(12-23(21,3)26)5-6-16-15(17)9-10-22(2)18(16)7-8-19(22)20(25)13-24/h14-19,21,26H,4-13H2,1-3H3. The Balaban J connectivity index is 1.54. The quantitative estimate of drug-likeness (QED) is 0.626. The number of halogens is 1. The first-order valence-electron chi connectivity index (χ1n) is 11.2.